The van der Waals surface area contributed by atoms with Gasteiger partial charge in [0.15, 0.2) is 0 Å². The van der Waals surface area contributed by atoms with Crippen LogP contribution in [-0.2, 0) is 0 Å². The highest BCUT2D eigenvalue weighted by atomic mass is 35.5. The lowest BCUT2D eigenvalue weighted by atomic mass is 10.1. The molecule has 0 aliphatic carbocycles. The molecule has 0 aliphatic heterocycles. The Morgan fingerprint density at radius 1 is 1.00 bits per heavy atom. The minimum atomic E-state index is -1.03. The SMILES string of the molecule is CCC(N)(O)CCN.CCCCCCC.Cl. The molecular weight excluding hydrogens is 224 g/mol. The molecule has 1 unspecified atom stereocenters. The van der Waals surface area contributed by atoms with Crippen molar-refractivity contribution in [3.8, 4) is 0 Å². The zero-order valence-electron chi connectivity index (χ0n) is 11.2. The predicted octanol–water partition coefficient (Wildman–Crippen LogP) is 2.79. The minimum Gasteiger partial charge on any atom is -0.376 e. The molecular formula is C12H31ClN2O. The Morgan fingerprint density at radius 3 is 1.62 bits per heavy atom. The molecule has 102 valence electrons. The summed E-state index contributed by atoms with van der Waals surface area (Å²) in [6.45, 7) is 6.77. The monoisotopic (exact) mass is 254 g/mol. The van der Waals surface area contributed by atoms with Crippen molar-refractivity contribution < 1.29 is 5.11 Å². The summed E-state index contributed by atoms with van der Waals surface area (Å²) >= 11 is 0. The second-order valence-electron chi connectivity index (χ2n) is 4.06. The Hall–Kier alpha value is 0.170. The maximum atomic E-state index is 9.02. The van der Waals surface area contributed by atoms with Crippen LogP contribution in [0, 0.1) is 0 Å². The van der Waals surface area contributed by atoms with Crippen LogP contribution in [0.5, 0.6) is 0 Å². The highest BCUT2D eigenvalue weighted by molar-refractivity contribution is 5.85. The van der Waals surface area contributed by atoms with Crippen molar-refractivity contribution in [2.24, 2.45) is 11.5 Å². The number of unbranched alkanes of at least 4 members (excludes halogenated alkanes) is 4. The van der Waals surface area contributed by atoms with Gasteiger partial charge in [-0.1, -0.05) is 52.9 Å². The van der Waals surface area contributed by atoms with Crippen molar-refractivity contribution in [2.75, 3.05) is 6.54 Å². The molecule has 0 aliphatic rings. The Morgan fingerprint density at radius 2 is 1.44 bits per heavy atom. The van der Waals surface area contributed by atoms with E-state index in [4.69, 9.17) is 16.6 Å². The molecule has 0 heterocycles. The molecule has 0 aromatic carbocycles. The quantitative estimate of drug-likeness (QED) is 0.483. The average Bonchev–Trinajstić information content (AvgIpc) is 2.20. The smallest absolute Gasteiger partial charge is 0.114 e. The van der Waals surface area contributed by atoms with Crippen molar-refractivity contribution in [1.29, 1.82) is 0 Å². The van der Waals surface area contributed by atoms with Gasteiger partial charge in [-0.2, -0.15) is 0 Å². The number of halogens is 1. The third-order valence-electron chi connectivity index (χ3n) is 2.40. The Labute approximate surface area is 107 Å². The van der Waals surface area contributed by atoms with E-state index in [0.717, 1.165) is 0 Å². The molecule has 5 N–H and O–H groups in total. The molecule has 0 rings (SSSR count). The number of hydrogen-bond donors (Lipinski definition) is 3. The van der Waals surface area contributed by atoms with Gasteiger partial charge in [0.25, 0.3) is 0 Å². The van der Waals surface area contributed by atoms with Gasteiger partial charge in [0, 0.05) is 6.42 Å². The number of hydrogen-bond acceptors (Lipinski definition) is 3. The van der Waals surface area contributed by atoms with Crippen LogP contribution in [-0.4, -0.2) is 17.4 Å². The predicted molar refractivity (Wildman–Crippen MR) is 74.8 cm³/mol. The summed E-state index contributed by atoms with van der Waals surface area (Å²) in [5.41, 5.74) is 9.42. The van der Waals surface area contributed by atoms with Crippen molar-refractivity contribution in [3.05, 3.63) is 0 Å². The van der Waals surface area contributed by atoms with E-state index in [1.807, 2.05) is 6.92 Å². The molecule has 0 saturated heterocycles. The normalized spacial score (nSPS) is 13.1. The van der Waals surface area contributed by atoms with Crippen molar-refractivity contribution in [3.63, 3.8) is 0 Å². The lowest BCUT2D eigenvalue weighted by molar-refractivity contribution is 0.0366. The largest absolute Gasteiger partial charge is 0.376 e. The van der Waals surface area contributed by atoms with Crippen molar-refractivity contribution >= 4 is 12.4 Å². The molecule has 4 heteroatoms. The highest BCUT2D eigenvalue weighted by Crippen LogP contribution is 2.03. The maximum Gasteiger partial charge on any atom is 0.114 e. The second kappa shape index (κ2) is 15.2. The summed E-state index contributed by atoms with van der Waals surface area (Å²) < 4.78 is 0. The summed E-state index contributed by atoms with van der Waals surface area (Å²) in [5.74, 6) is 0. The van der Waals surface area contributed by atoms with Crippen LogP contribution < -0.4 is 11.5 Å². The number of rotatable bonds is 7. The third-order valence-corrected chi connectivity index (χ3v) is 2.40. The standard InChI is InChI=1S/C7H16.C5H14N2O.ClH/c1-3-5-7-6-4-2;1-2-5(7,8)3-4-6;/h3-7H2,1-2H3;8H,2-4,6-7H2,1H3;1H. The summed E-state index contributed by atoms with van der Waals surface area (Å²) in [5, 5.41) is 9.02. The van der Waals surface area contributed by atoms with Gasteiger partial charge >= 0.3 is 0 Å². The van der Waals surface area contributed by atoms with Crippen molar-refractivity contribution in [1.82, 2.24) is 0 Å². The van der Waals surface area contributed by atoms with E-state index in [-0.39, 0.29) is 12.4 Å². The summed E-state index contributed by atoms with van der Waals surface area (Å²) in [6.07, 6.45) is 8.04. The van der Waals surface area contributed by atoms with Crippen LogP contribution in [0.4, 0.5) is 0 Å². The first-order chi connectivity index (χ1) is 7.04. The Kier molecular flexibility index (Phi) is 20.3. The second-order valence-corrected chi connectivity index (χ2v) is 4.06. The van der Waals surface area contributed by atoms with Gasteiger partial charge in [0.1, 0.15) is 5.72 Å². The lowest BCUT2D eigenvalue weighted by Gasteiger charge is -2.19. The summed E-state index contributed by atoms with van der Waals surface area (Å²) in [7, 11) is 0. The molecule has 0 spiro atoms. The topological polar surface area (TPSA) is 72.3 Å². The van der Waals surface area contributed by atoms with E-state index < -0.39 is 5.72 Å². The molecule has 3 nitrogen and oxygen atoms in total. The summed E-state index contributed by atoms with van der Waals surface area (Å²) in [6, 6.07) is 0. The summed E-state index contributed by atoms with van der Waals surface area (Å²) in [4.78, 5) is 0. The first kappa shape index (κ1) is 21.5. The minimum absolute atomic E-state index is 0. The molecule has 0 aromatic rings. The van der Waals surface area contributed by atoms with E-state index in [1.165, 1.54) is 32.1 Å². The highest BCUT2D eigenvalue weighted by Gasteiger charge is 2.15. The fraction of sp³-hybridized carbons (Fsp3) is 1.00. The van der Waals surface area contributed by atoms with Gasteiger partial charge < -0.3 is 16.6 Å². The van der Waals surface area contributed by atoms with E-state index >= 15 is 0 Å². The van der Waals surface area contributed by atoms with Gasteiger partial charge in [-0.15, -0.1) is 12.4 Å². The molecule has 1 atom stereocenters. The van der Waals surface area contributed by atoms with Gasteiger partial charge in [0.05, 0.1) is 0 Å². The van der Waals surface area contributed by atoms with Crippen LogP contribution in [0.15, 0.2) is 0 Å². The van der Waals surface area contributed by atoms with E-state index in [9.17, 15) is 0 Å². The van der Waals surface area contributed by atoms with Crippen LogP contribution in [0.1, 0.15) is 65.7 Å². The van der Waals surface area contributed by atoms with E-state index in [2.05, 4.69) is 13.8 Å². The van der Waals surface area contributed by atoms with E-state index in [0.29, 0.717) is 19.4 Å². The first-order valence-corrected chi connectivity index (χ1v) is 6.25. The number of nitrogens with two attached hydrogens (primary N) is 2. The van der Waals surface area contributed by atoms with Gasteiger partial charge in [-0.05, 0) is 13.0 Å². The molecule has 16 heavy (non-hydrogen) atoms. The lowest BCUT2D eigenvalue weighted by Crippen LogP contribution is -2.40. The fourth-order valence-electron chi connectivity index (χ4n) is 1.10. The molecule has 0 bridgehead atoms. The van der Waals surface area contributed by atoms with Gasteiger partial charge in [-0.25, -0.2) is 0 Å². The maximum absolute atomic E-state index is 9.02. The molecule has 0 amide bonds. The van der Waals surface area contributed by atoms with Gasteiger partial charge in [-0.3, -0.25) is 0 Å². The van der Waals surface area contributed by atoms with Crippen LogP contribution in [0.3, 0.4) is 0 Å². The number of aliphatic hydroxyl groups is 1. The first-order valence-electron chi connectivity index (χ1n) is 6.25. The van der Waals surface area contributed by atoms with Crippen LogP contribution in [0.25, 0.3) is 0 Å². The third kappa shape index (κ3) is 19.7. The molecule has 0 saturated carbocycles. The zero-order chi connectivity index (χ0) is 12.2. The van der Waals surface area contributed by atoms with E-state index in [1.54, 1.807) is 0 Å². The Balaban J connectivity index is -0.000000200. The molecule has 0 aromatic heterocycles. The average molecular weight is 255 g/mol. The fourth-order valence-corrected chi connectivity index (χ4v) is 1.10. The van der Waals surface area contributed by atoms with Crippen LogP contribution >= 0.6 is 12.4 Å². The molecule has 0 radical (unpaired) electrons. The Bertz CT molecular complexity index is 118. The molecule has 0 fully saturated rings. The van der Waals surface area contributed by atoms with Gasteiger partial charge in [0.2, 0.25) is 0 Å². The van der Waals surface area contributed by atoms with Crippen molar-refractivity contribution in [2.45, 2.75) is 71.4 Å². The van der Waals surface area contributed by atoms with Crippen LogP contribution in [0.2, 0.25) is 0 Å². The zero-order valence-corrected chi connectivity index (χ0v) is 12.0.